The van der Waals surface area contributed by atoms with Gasteiger partial charge in [0.15, 0.2) is 11.6 Å². The summed E-state index contributed by atoms with van der Waals surface area (Å²) in [4.78, 5) is 29.6. The normalized spacial score (nSPS) is 14.4. The van der Waals surface area contributed by atoms with E-state index in [1.165, 1.54) is 13.1 Å². The molecular weight excluding hydrogens is 378 g/mol. The third-order valence-electron chi connectivity index (χ3n) is 5.09. The predicted octanol–water partition coefficient (Wildman–Crippen LogP) is 3.06. The average molecular weight is 404 g/mol. The van der Waals surface area contributed by atoms with Crippen LogP contribution in [0.4, 0.5) is 8.78 Å². The number of hydrogen-bond donors (Lipinski definition) is 2. The Labute approximate surface area is 168 Å². The van der Waals surface area contributed by atoms with Crippen LogP contribution in [0.1, 0.15) is 49.3 Å². The number of hydrogen-bond acceptors (Lipinski definition) is 3. The first-order chi connectivity index (χ1) is 13.8. The molecule has 2 heterocycles. The first-order valence-electron chi connectivity index (χ1n) is 9.89. The predicted molar refractivity (Wildman–Crippen MR) is 105 cm³/mol. The molecule has 2 amide bonds. The van der Waals surface area contributed by atoms with Crippen LogP contribution in [0, 0.1) is 17.6 Å². The topological polar surface area (TPSA) is 76.0 Å². The number of likely N-dealkylation sites (N-methyl/N-ethyl adjacent to an activating group) is 1. The molecule has 0 fully saturated rings. The van der Waals surface area contributed by atoms with Crippen LogP contribution >= 0.6 is 0 Å². The van der Waals surface area contributed by atoms with Gasteiger partial charge in [0.2, 0.25) is 5.91 Å². The minimum Gasteiger partial charge on any atom is -0.357 e. The van der Waals surface area contributed by atoms with Crippen molar-refractivity contribution in [2.45, 2.75) is 52.1 Å². The lowest BCUT2D eigenvalue weighted by Gasteiger charge is -2.20. The van der Waals surface area contributed by atoms with Crippen LogP contribution in [0.15, 0.2) is 18.2 Å². The molecular formula is C21H26F2N4O2. The highest BCUT2D eigenvalue weighted by Gasteiger charge is 2.28. The lowest BCUT2D eigenvalue weighted by Crippen LogP contribution is -2.46. The number of aromatic nitrogens is 2. The second-order valence-electron chi connectivity index (χ2n) is 7.74. The molecule has 0 aliphatic carbocycles. The number of fused-ring (bicyclic) bond motifs is 1. The molecule has 0 spiro atoms. The smallest absolute Gasteiger partial charge is 0.272 e. The van der Waals surface area contributed by atoms with Crippen LogP contribution in [0.3, 0.4) is 0 Å². The largest absolute Gasteiger partial charge is 0.357 e. The van der Waals surface area contributed by atoms with Crippen molar-refractivity contribution in [3.05, 3.63) is 41.2 Å². The molecule has 8 heteroatoms. The van der Waals surface area contributed by atoms with Crippen LogP contribution in [-0.2, 0) is 17.8 Å². The number of halogens is 2. The number of rotatable bonds is 6. The van der Waals surface area contributed by atoms with Gasteiger partial charge < -0.3 is 15.2 Å². The van der Waals surface area contributed by atoms with Crippen molar-refractivity contribution in [1.82, 2.24) is 20.2 Å². The molecule has 1 aliphatic rings. The highest BCUT2D eigenvalue weighted by molar-refractivity contribution is 5.97. The minimum atomic E-state index is -0.960. The second kappa shape index (κ2) is 8.71. The molecule has 0 radical (unpaired) electrons. The van der Waals surface area contributed by atoms with Gasteiger partial charge in [-0.25, -0.2) is 13.8 Å². The van der Waals surface area contributed by atoms with E-state index in [9.17, 15) is 18.4 Å². The van der Waals surface area contributed by atoms with Gasteiger partial charge in [0.1, 0.15) is 17.6 Å². The molecule has 1 aromatic heterocycles. The zero-order valence-corrected chi connectivity index (χ0v) is 16.9. The molecule has 0 saturated carbocycles. The number of carbonyl (C=O) groups is 2. The van der Waals surface area contributed by atoms with Gasteiger partial charge in [-0.15, -0.1) is 0 Å². The maximum Gasteiger partial charge on any atom is 0.272 e. The van der Waals surface area contributed by atoms with Crippen LogP contribution < -0.4 is 10.6 Å². The van der Waals surface area contributed by atoms with Crippen molar-refractivity contribution < 1.29 is 18.4 Å². The van der Waals surface area contributed by atoms with Crippen LogP contribution in [-0.4, -0.2) is 34.5 Å². The fourth-order valence-corrected chi connectivity index (χ4v) is 3.68. The molecule has 0 bridgehead atoms. The van der Waals surface area contributed by atoms with Gasteiger partial charge in [0.05, 0.1) is 5.69 Å². The third kappa shape index (κ3) is 4.46. The van der Waals surface area contributed by atoms with Crippen LogP contribution in [0.25, 0.3) is 11.4 Å². The van der Waals surface area contributed by atoms with Crippen LogP contribution in [0.2, 0.25) is 0 Å². The zero-order valence-electron chi connectivity index (χ0n) is 16.9. The molecule has 3 rings (SSSR count). The fraction of sp³-hybridized carbons (Fsp3) is 0.476. The Bertz CT molecular complexity index is 924. The molecule has 2 N–H and O–H groups in total. The summed E-state index contributed by atoms with van der Waals surface area (Å²) >= 11 is 0. The van der Waals surface area contributed by atoms with E-state index >= 15 is 0 Å². The first-order valence-corrected chi connectivity index (χ1v) is 9.89. The van der Waals surface area contributed by atoms with Gasteiger partial charge in [-0.3, -0.25) is 9.59 Å². The van der Waals surface area contributed by atoms with Crippen molar-refractivity contribution in [3.8, 4) is 11.4 Å². The summed E-state index contributed by atoms with van der Waals surface area (Å²) in [7, 11) is 1.53. The lowest BCUT2D eigenvalue weighted by atomic mass is 10.0. The molecule has 156 valence electrons. The number of amides is 2. The van der Waals surface area contributed by atoms with Crippen molar-refractivity contribution in [2.24, 2.45) is 5.92 Å². The van der Waals surface area contributed by atoms with E-state index in [2.05, 4.69) is 15.6 Å². The molecule has 0 unspecified atom stereocenters. The van der Waals surface area contributed by atoms with Gasteiger partial charge in [-0.05, 0) is 49.8 Å². The summed E-state index contributed by atoms with van der Waals surface area (Å²) < 4.78 is 29.0. The van der Waals surface area contributed by atoms with E-state index in [1.54, 1.807) is 0 Å². The van der Waals surface area contributed by atoms with Gasteiger partial charge >= 0.3 is 0 Å². The van der Waals surface area contributed by atoms with Crippen molar-refractivity contribution >= 4 is 11.8 Å². The minimum absolute atomic E-state index is 0.214. The summed E-state index contributed by atoms with van der Waals surface area (Å²) in [5.74, 6) is -1.94. The van der Waals surface area contributed by atoms with E-state index < -0.39 is 23.6 Å². The van der Waals surface area contributed by atoms with Gasteiger partial charge in [-0.2, -0.15) is 0 Å². The van der Waals surface area contributed by atoms with Gasteiger partial charge in [-0.1, -0.05) is 13.8 Å². The number of nitrogens with one attached hydrogen (secondary N) is 2. The highest BCUT2D eigenvalue weighted by atomic mass is 19.2. The lowest BCUT2D eigenvalue weighted by molar-refractivity contribution is -0.122. The van der Waals surface area contributed by atoms with E-state index in [1.807, 2.05) is 18.4 Å². The molecule has 1 aliphatic heterocycles. The second-order valence-corrected chi connectivity index (χ2v) is 7.74. The van der Waals surface area contributed by atoms with E-state index in [4.69, 9.17) is 0 Å². The summed E-state index contributed by atoms with van der Waals surface area (Å²) in [6.07, 6.45) is 2.98. The summed E-state index contributed by atoms with van der Waals surface area (Å²) in [6, 6.07) is 2.93. The van der Waals surface area contributed by atoms with Crippen molar-refractivity contribution in [1.29, 1.82) is 0 Å². The molecule has 0 saturated heterocycles. The Morgan fingerprint density at radius 1 is 1.21 bits per heavy atom. The van der Waals surface area contributed by atoms with E-state index in [-0.39, 0.29) is 17.5 Å². The zero-order chi connectivity index (χ0) is 21.1. The molecule has 1 atom stereocenters. The first kappa shape index (κ1) is 21.0. The Morgan fingerprint density at radius 3 is 2.62 bits per heavy atom. The average Bonchev–Trinajstić information content (AvgIpc) is 3.08. The Kier molecular flexibility index (Phi) is 6.30. The summed E-state index contributed by atoms with van der Waals surface area (Å²) in [5, 5.41) is 5.37. The Balaban J connectivity index is 1.96. The van der Waals surface area contributed by atoms with E-state index in [0.717, 1.165) is 30.7 Å². The molecule has 2 aromatic rings. The van der Waals surface area contributed by atoms with E-state index in [0.29, 0.717) is 30.8 Å². The number of carbonyl (C=O) groups excluding carboxylic acids is 2. The molecule has 6 nitrogen and oxygen atoms in total. The highest BCUT2D eigenvalue weighted by Crippen LogP contribution is 2.28. The SMILES string of the molecule is CNC(=O)[C@H](CC(C)C)NC(=O)c1nc(-c2ccc(F)c(F)c2)n2c1CCCC2. The maximum atomic E-state index is 13.7. The summed E-state index contributed by atoms with van der Waals surface area (Å²) in [6.45, 7) is 4.60. The standard InChI is InChI=1S/C21H26F2N4O2/c1-12(2)10-16(20(28)24-3)25-21(29)18-17-6-4-5-9-27(17)19(26-18)13-7-8-14(22)15(23)11-13/h7-8,11-12,16H,4-6,9-10H2,1-3H3,(H,24,28)(H,25,29)/t16-/m0/s1. The van der Waals surface area contributed by atoms with Gasteiger partial charge in [0, 0.05) is 19.2 Å². The number of nitrogens with zero attached hydrogens (tertiary/aromatic N) is 2. The fourth-order valence-electron chi connectivity index (χ4n) is 3.68. The summed E-state index contributed by atoms with van der Waals surface area (Å²) in [5.41, 5.74) is 1.41. The maximum absolute atomic E-state index is 13.7. The quantitative estimate of drug-likeness (QED) is 0.777. The monoisotopic (exact) mass is 404 g/mol. The third-order valence-corrected chi connectivity index (χ3v) is 5.09. The van der Waals surface area contributed by atoms with Crippen LogP contribution in [0.5, 0.6) is 0 Å². The Hall–Kier alpha value is -2.77. The van der Waals surface area contributed by atoms with Crippen molar-refractivity contribution in [3.63, 3.8) is 0 Å². The number of benzene rings is 1. The van der Waals surface area contributed by atoms with Crippen molar-refractivity contribution in [2.75, 3.05) is 7.05 Å². The molecule has 29 heavy (non-hydrogen) atoms. The molecule has 1 aromatic carbocycles. The number of imidazole rings is 1. The Morgan fingerprint density at radius 2 is 1.97 bits per heavy atom. The van der Waals surface area contributed by atoms with Gasteiger partial charge in [0.25, 0.3) is 5.91 Å².